The molecule has 0 atom stereocenters. The molecule has 0 bridgehead atoms. The van der Waals surface area contributed by atoms with Gasteiger partial charge in [-0.25, -0.2) is 12.8 Å². The van der Waals surface area contributed by atoms with Crippen LogP contribution in [0.15, 0.2) is 47.4 Å². The molecule has 1 aliphatic carbocycles. The van der Waals surface area contributed by atoms with Crippen LogP contribution in [0.3, 0.4) is 0 Å². The molecule has 0 aliphatic heterocycles. The molecule has 2 aromatic carbocycles. The quantitative estimate of drug-likeness (QED) is 0.604. The number of halogens is 4. The van der Waals surface area contributed by atoms with Gasteiger partial charge in [0.05, 0.1) is 28.4 Å². The third kappa shape index (κ3) is 5.83. The smallest absolute Gasteiger partial charge is 0.416 e. The standard InChI is InChI=1S/C22H23F4NO5S/c1-32-17-10-14(9-16(23)12-17)20(28)27-13-21(29)7-5-18(6-8-21)33(30,31)19-4-2-3-15(11-19)22(24,25)26/h2-4,9-12,18,29H,5-8,13H2,1H3,(H,27,28)/t18-,21+. The normalized spacial score (nSPS) is 21.5. The van der Waals surface area contributed by atoms with Crippen molar-refractivity contribution in [2.24, 2.45) is 0 Å². The fraction of sp³-hybridized carbons (Fsp3) is 0.409. The van der Waals surface area contributed by atoms with E-state index in [2.05, 4.69) is 5.32 Å². The SMILES string of the molecule is COc1cc(F)cc(C(=O)NC[C@]2(O)CC[C@@H](S(=O)(=O)c3cccc(C(F)(F)F)c3)CC2)c1. The first-order valence-electron chi connectivity index (χ1n) is 10.1. The second kappa shape index (κ2) is 9.30. The predicted octanol–water partition coefficient (Wildman–Crippen LogP) is 3.73. The summed E-state index contributed by atoms with van der Waals surface area (Å²) in [6.45, 7) is -0.193. The van der Waals surface area contributed by atoms with Crippen LogP contribution in [-0.4, -0.2) is 43.9 Å². The summed E-state index contributed by atoms with van der Waals surface area (Å²) in [6, 6.07) is 7.04. The van der Waals surface area contributed by atoms with Gasteiger partial charge in [-0.15, -0.1) is 0 Å². The molecule has 0 aromatic heterocycles. The zero-order valence-corrected chi connectivity index (χ0v) is 18.5. The molecule has 0 spiro atoms. The number of alkyl halides is 3. The molecular formula is C22H23F4NO5S. The van der Waals surface area contributed by atoms with Gasteiger partial charge in [-0.05, 0) is 56.0 Å². The lowest BCUT2D eigenvalue weighted by Crippen LogP contribution is -2.47. The van der Waals surface area contributed by atoms with E-state index in [0.717, 1.165) is 30.3 Å². The Morgan fingerprint density at radius 2 is 1.85 bits per heavy atom. The van der Waals surface area contributed by atoms with Crippen LogP contribution in [0.4, 0.5) is 17.6 Å². The number of nitrogens with one attached hydrogen (secondary N) is 1. The van der Waals surface area contributed by atoms with Crippen LogP contribution in [0.25, 0.3) is 0 Å². The van der Waals surface area contributed by atoms with Gasteiger partial charge in [0.2, 0.25) is 0 Å². The van der Waals surface area contributed by atoms with Crippen molar-refractivity contribution < 1.29 is 40.6 Å². The van der Waals surface area contributed by atoms with E-state index in [9.17, 15) is 35.9 Å². The van der Waals surface area contributed by atoms with Crippen LogP contribution in [0.5, 0.6) is 5.75 Å². The topological polar surface area (TPSA) is 92.7 Å². The number of carbonyl (C=O) groups excluding carboxylic acids is 1. The monoisotopic (exact) mass is 489 g/mol. The summed E-state index contributed by atoms with van der Waals surface area (Å²) in [6.07, 6.45) is -4.61. The molecule has 2 N–H and O–H groups in total. The molecule has 1 aliphatic rings. The maximum absolute atomic E-state index is 13.6. The summed E-state index contributed by atoms with van der Waals surface area (Å²) < 4.78 is 83.1. The number of ether oxygens (including phenoxy) is 1. The van der Waals surface area contributed by atoms with Crippen LogP contribution in [0.1, 0.15) is 41.6 Å². The minimum Gasteiger partial charge on any atom is -0.497 e. The summed E-state index contributed by atoms with van der Waals surface area (Å²) in [5.41, 5.74) is -2.45. The number of hydrogen-bond donors (Lipinski definition) is 2. The number of carbonyl (C=O) groups is 1. The molecule has 0 unspecified atom stereocenters. The van der Waals surface area contributed by atoms with Gasteiger partial charge in [0.25, 0.3) is 5.91 Å². The van der Waals surface area contributed by atoms with Crippen molar-refractivity contribution in [2.45, 2.75) is 47.6 Å². The number of sulfone groups is 1. The Kier molecular flexibility index (Phi) is 7.04. The minimum absolute atomic E-state index is 0.00346. The van der Waals surface area contributed by atoms with Crippen LogP contribution >= 0.6 is 0 Å². The van der Waals surface area contributed by atoms with Crippen molar-refractivity contribution in [3.63, 3.8) is 0 Å². The summed E-state index contributed by atoms with van der Waals surface area (Å²) in [4.78, 5) is 11.9. The first-order valence-corrected chi connectivity index (χ1v) is 11.6. The molecule has 0 heterocycles. The highest BCUT2D eigenvalue weighted by Gasteiger charge is 2.40. The number of benzene rings is 2. The second-order valence-electron chi connectivity index (χ2n) is 8.06. The zero-order chi connectivity index (χ0) is 24.4. The number of hydrogen-bond acceptors (Lipinski definition) is 5. The van der Waals surface area contributed by atoms with Crippen LogP contribution in [-0.2, 0) is 16.0 Å². The molecule has 1 amide bonds. The van der Waals surface area contributed by atoms with Gasteiger partial charge in [-0.2, -0.15) is 13.2 Å². The zero-order valence-electron chi connectivity index (χ0n) is 17.7. The summed E-state index contributed by atoms with van der Waals surface area (Å²) in [5, 5.41) is 12.3. The van der Waals surface area contributed by atoms with E-state index < -0.39 is 49.0 Å². The lowest BCUT2D eigenvalue weighted by atomic mass is 9.84. The number of aliphatic hydroxyl groups is 1. The van der Waals surface area contributed by atoms with E-state index >= 15 is 0 Å². The predicted molar refractivity (Wildman–Crippen MR) is 111 cm³/mol. The van der Waals surface area contributed by atoms with E-state index in [1.165, 1.54) is 13.2 Å². The average molecular weight is 489 g/mol. The van der Waals surface area contributed by atoms with E-state index in [1.807, 2.05) is 0 Å². The van der Waals surface area contributed by atoms with Gasteiger partial charge in [-0.1, -0.05) is 6.07 Å². The van der Waals surface area contributed by atoms with Gasteiger partial charge in [-0.3, -0.25) is 4.79 Å². The molecule has 33 heavy (non-hydrogen) atoms. The van der Waals surface area contributed by atoms with E-state index in [4.69, 9.17) is 4.74 Å². The number of rotatable bonds is 6. The van der Waals surface area contributed by atoms with Gasteiger partial charge in [0.15, 0.2) is 9.84 Å². The molecule has 2 aromatic rings. The Morgan fingerprint density at radius 3 is 2.45 bits per heavy atom. The van der Waals surface area contributed by atoms with Crippen molar-refractivity contribution in [1.82, 2.24) is 5.32 Å². The highest BCUT2D eigenvalue weighted by atomic mass is 32.2. The number of methoxy groups -OCH3 is 1. The van der Waals surface area contributed by atoms with Gasteiger partial charge < -0.3 is 15.2 Å². The molecule has 1 saturated carbocycles. The summed E-state index contributed by atoms with van der Waals surface area (Å²) in [5.74, 6) is -1.15. The maximum atomic E-state index is 13.6. The minimum atomic E-state index is -4.66. The Hall–Kier alpha value is -2.66. The summed E-state index contributed by atoms with van der Waals surface area (Å²) in [7, 11) is -2.71. The molecule has 1 fully saturated rings. The van der Waals surface area contributed by atoms with Crippen molar-refractivity contribution in [3.8, 4) is 5.75 Å². The highest BCUT2D eigenvalue weighted by Crippen LogP contribution is 2.36. The van der Waals surface area contributed by atoms with Crippen LogP contribution < -0.4 is 10.1 Å². The molecule has 180 valence electrons. The average Bonchev–Trinajstić information content (AvgIpc) is 2.77. The second-order valence-corrected chi connectivity index (χ2v) is 10.3. The first-order chi connectivity index (χ1) is 15.3. The molecule has 0 radical (unpaired) electrons. The number of amides is 1. The van der Waals surface area contributed by atoms with Crippen LogP contribution in [0.2, 0.25) is 0 Å². The molecular weight excluding hydrogens is 466 g/mol. The maximum Gasteiger partial charge on any atom is 0.416 e. The van der Waals surface area contributed by atoms with Crippen LogP contribution in [0, 0.1) is 5.82 Å². The largest absolute Gasteiger partial charge is 0.497 e. The van der Waals surface area contributed by atoms with E-state index in [-0.39, 0.29) is 43.5 Å². The third-order valence-corrected chi connectivity index (χ3v) is 8.00. The highest BCUT2D eigenvalue weighted by molar-refractivity contribution is 7.92. The summed E-state index contributed by atoms with van der Waals surface area (Å²) >= 11 is 0. The van der Waals surface area contributed by atoms with Crippen molar-refractivity contribution in [2.75, 3.05) is 13.7 Å². The van der Waals surface area contributed by atoms with Gasteiger partial charge in [0, 0.05) is 18.2 Å². The van der Waals surface area contributed by atoms with Gasteiger partial charge >= 0.3 is 6.18 Å². The van der Waals surface area contributed by atoms with Crippen molar-refractivity contribution in [1.29, 1.82) is 0 Å². The Labute approximate surface area is 188 Å². The Morgan fingerprint density at radius 1 is 1.18 bits per heavy atom. The third-order valence-electron chi connectivity index (χ3n) is 5.74. The van der Waals surface area contributed by atoms with E-state index in [1.54, 1.807) is 0 Å². The fourth-order valence-electron chi connectivity index (χ4n) is 3.82. The lowest BCUT2D eigenvalue weighted by Gasteiger charge is -2.35. The molecule has 3 rings (SSSR count). The van der Waals surface area contributed by atoms with E-state index in [0.29, 0.717) is 6.07 Å². The first kappa shape index (κ1) is 25.0. The Bertz CT molecular complexity index is 1130. The molecule has 6 nitrogen and oxygen atoms in total. The van der Waals surface area contributed by atoms with Crippen molar-refractivity contribution in [3.05, 3.63) is 59.4 Å². The Balaban J connectivity index is 1.64. The fourth-order valence-corrected chi connectivity index (χ4v) is 5.62. The lowest BCUT2D eigenvalue weighted by molar-refractivity contribution is -0.137. The van der Waals surface area contributed by atoms with Gasteiger partial charge in [0.1, 0.15) is 11.6 Å². The van der Waals surface area contributed by atoms with Crippen molar-refractivity contribution >= 4 is 15.7 Å². The molecule has 11 heteroatoms. The molecule has 0 saturated heterocycles.